The van der Waals surface area contributed by atoms with Gasteiger partial charge in [0, 0.05) is 24.3 Å². The first kappa shape index (κ1) is 17.9. The highest BCUT2D eigenvalue weighted by molar-refractivity contribution is 6.06. The predicted molar refractivity (Wildman–Crippen MR) is 108 cm³/mol. The fourth-order valence-corrected chi connectivity index (χ4v) is 3.48. The number of benzene rings is 3. The minimum atomic E-state index is -0.572. The van der Waals surface area contributed by atoms with Crippen LogP contribution in [0.5, 0.6) is 0 Å². The van der Waals surface area contributed by atoms with E-state index in [1.54, 1.807) is 4.90 Å². The van der Waals surface area contributed by atoms with Gasteiger partial charge in [0.15, 0.2) is 0 Å². The lowest BCUT2D eigenvalue weighted by atomic mass is 10.0. The van der Waals surface area contributed by atoms with E-state index in [-0.39, 0.29) is 17.3 Å². The zero-order valence-corrected chi connectivity index (χ0v) is 15.2. The molecule has 2 amide bonds. The standard InChI is InChI=1S/C23H19FN2O2/c24-21-15-19(16-27)9-10-22(21)26-12-11-25(23(26)28)20-8-4-7-18(14-20)13-17-5-2-1-3-6-17/h1-10,14-16H,11-13H2. The van der Waals surface area contributed by atoms with Crippen LogP contribution < -0.4 is 9.80 Å². The molecular formula is C23H19FN2O2. The molecule has 1 aliphatic rings. The van der Waals surface area contributed by atoms with Crippen LogP contribution in [0.3, 0.4) is 0 Å². The number of hydrogen-bond donors (Lipinski definition) is 0. The van der Waals surface area contributed by atoms with Gasteiger partial charge in [-0.1, -0.05) is 42.5 Å². The van der Waals surface area contributed by atoms with Gasteiger partial charge in [-0.3, -0.25) is 14.6 Å². The highest BCUT2D eigenvalue weighted by Gasteiger charge is 2.32. The summed E-state index contributed by atoms with van der Waals surface area (Å²) in [6.07, 6.45) is 1.37. The summed E-state index contributed by atoms with van der Waals surface area (Å²) in [6.45, 7) is 0.863. The van der Waals surface area contributed by atoms with E-state index in [0.29, 0.717) is 19.4 Å². The van der Waals surface area contributed by atoms with E-state index in [1.807, 2.05) is 42.5 Å². The molecule has 4 rings (SSSR count). The Kier molecular flexibility index (Phi) is 4.89. The van der Waals surface area contributed by atoms with Crippen LogP contribution >= 0.6 is 0 Å². The van der Waals surface area contributed by atoms with Crippen LogP contribution in [0.2, 0.25) is 0 Å². The highest BCUT2D eigenvalue weighted by Crippen LogP contribution is 2.28. The van der Waals surface area contributed by atoms with Crippen molar-refractivity contribution in [2.45, 2.75) is 6.42 Å². The van der Waals surface area contributed by atoms with Crippen LogP contribution in [0, 0.1) is 5.82 Å². The van der Waals surface area contributed by atoms with Gasteiger partial charge in [-0.2, -0.15) is 0 Å². The van der Waals surface area contributed by atoms with Crippen molar-refractivity contribution in [3.8, 4) is 0 Å². The average molecular weight is 374 g/mol. The minimum absolute atomic E-state index is 0.193. The molecule has 0 spiro atoms. The van der Waals surface area contributed by atoms with Crippen LogP contribution in [0.4, 0.5) is 20.6 Å². The number of urea groups is 1. The lowest BCUT2D eigenvalue weighted by molar-refractivity contribution is 0.112. The van der Waals surface area contributed by atoms with E-state index in [0.717, 1.165) is 23.7 Å². The Hall–Kier alpha value is -3.47. The first-order chi connectivity index (χ1) is 13.7. The zero-order chi connectivity index (χ0) is 19.5. The number of rotatable bonds is 5. The van der Waals surface area contributed by atoms with Crippen molar-refractivity contribution < 1.29 is 14.0 Å². The lowest BCUT2D eigenvalue weighted by Crippen LogP contribution is -2.32. The van der Waals surface area contributed by atoms with E-state index in [4.69, 9.17) is 0 Å². The van der Waals surface area contributed by atoms with E-state index in [9.17, 15) is 14.0 Å². The van der Waals surface area contributed by atoms with Gasteiger partial charge in [0.05, 0.1) is 5.69 Å². The van der Waals surface area contributed by atoms with Gasteiger partial charge < -0.3 is 0 Å². The minimum Gasteiger partial charge on any atom is -0.298 e. The molecule has 1 aliphatic heterocycles. The maximum atomic E-state index is 14.3. The third-order valence-corrected chi connectivity index (χ3v) is 4.88. The van der Waals surface area contributed by atoms with Gasteiger partial charge in [0.2, 0.25) is 0 Å². The summed E-state index contributed by atoms with van der Waals surface area (Å²) in [5.74, 6) is -0.572. The summed E-state index contributed by atoms with van der Waals surface area (Å²) in [5.41, 5.74) is 3.55. The topological polar surface area (TPSA) is 40.6 Å². The Morgan fingerprint density at radius 1 is 0.857 bits per heavy atom. The van der Waals surface area contributed by atoms with Crippen LogP contribution in [0.15, 0.2) is 72.8 Å². The van der Waals surface area contributed by atoms with E-state index in [2.05, 4.69) is 12.1 Å². The van der Waals surface area contributed by atoms with Crippen molar-refractivity contribution in [1.29, 1.82) is 0 Å². The molecule has 1 saturated heterocycles. The summed E-state index contributed by atoms with van der Waals surface area (Å²) >= 11 is 0. The summed E-state index contributed by atoms with van der Waals surface area (Å²) < 4.78 is 14.3. The normalized spacial score (nSPS) is 13.8. The molecule has 3 aromatic carbocycles. The molecular weight excluding hydrogens is 355 g/mol. The van der Waals surface area contributed by atoms with E-state index >= 15 is 0 Å². The SMILES string of the molecule is O=Cc1ccc(N2CCN(c3cccc(Cc4ccccc4)c3)C2=O)c(F)c1. The van der Waals surface area contributed by atoms with Gasteiger partial charge in [0.25, 0.3) is 0 Å². The number of amides is 2. The van der Waals surface area contributed by atoms with Crippen molar-refractivity contribution >= 4 is 23.7 Å². The van der Waals surface area contributed by atoms with Gasteiger partial charge in [-0.05, 0) is 47.9 Å². The van der Waals surface area contributed by atoms with Crippen molar-refractivity contribution in [3.05, 3.63) is 95.3 Å². The molecule has 0 atom stereocenters. The maximum absolute atomic E-state index is 14.3. The monoisotopic (exact) mass is 374 g/mol. The summed E-state index contributed by atoms with van der Waals surface area (Å²) in [4.78, 5) is 26.8. The number of aldehydes is 1. The molecule has 0 aliphatic carbocycles. The van der Waals surface area contributed by atoms with Crippen LogP contribution in [0.25, 0.3) is 0 Å². The largest absolute Gasteiger partial charge is 0.329 e. The first-order valence-corrected chi connectivity index (χ1v) is 9.12. The van der Waals surface area contributed by atoms with Gasteiger partial charge in [0.1, 0.15) is 12.1 Å². The molecule has 0 N–H and O–H groups in total. The molecule has 4 nitrogen and oxygen atoms in total. The first-order valence-electron chi connectivity index (χ1n) is 9.12. The Morgan fingerprint density at radius 2 is 1.61 bits per heavy atom. The van der Waals surface area contributed by atoms with Gasteiger partial charge in [-0.25, -0.2) is 9.18 Å². The van der Waals surface area contributed by atoms with Gasteiger partial charge in [-0.15, -0.1) is 0 Å². The van der Waals surface area contributed by atoms with E-state index in [1.165, 1.54) is 22.6 Å². The Labute approximate surface area is 162 Å². The Bertz CT molecular complexity index is 1020. The number of carbonyl (C=O) groups excluding carboxylic acids is 2. The van der Waals surface area contributed by atoms with Crippen LogP contribution in [-0.2, 0) is 6.42 Å². The number of anilines is 2. The predicted octanol–water partition coefficient (Wildman–Crippen LogP) is 4.68. The van der Waals surface area contributed by atoms with Crippen LogP contribution in [-0.4, -0.2) is 25.4 Å². The molecule has 5 heteroatoms. The average Bonchev–Trinajstić information content (AvgIpc) is 3.10. The number of carbonyl (C=O) groups is 2. The second-order valence-electron chi connectivity index (χ2n) is 6.75. The Balaban J connectivity index is 1.55. The fourth-order valence-electron chi connectivity index (χ4n) is 3.48. The number of nitrogens with zero attached hydrogens (tertiary/aromatic N) is 2. The molecule has 1 fully saturated rings. The quantitative estimate of drug-likeness (QED) is 0.609. The summed E-state index contributed by atoms with van der Waals surface area (Å²) in [7, 11) is 0. The van der Waals surface area contributed by atoms with Crippen molar-refractivity contribution in [2.24, 2.45) is 0 Å². The van der Waals surface area contributed by atoms with Crippen molar-refractivity contribution in [1.82, 2.24) is 0 Å². The maximum Gasteiger partial charge on any atom is 0.329 e. The van der Waals surface area contributed by atoms with Gasteiger partial charge >= 0.3 is 6.03 Å². The summed E-state index contributed by atoms with van der Waals surface area (Å²) in [5, 5.41) is 0. The van der Waals surface area contributed by atoms with E-state index < -0.39 is 5.82 Å². The molecule has 3 aromatic rings. The van der Waals surface area contributed by atoms with Crippen molar-refractivity contribution in [3.63, 3.8) is 0 Å². The Morgan fingerprint density at radius 3 is 2.36 bits per heavy atom. The molecule has 0 radical (unpaired) electrons. The molecule has 1 heterocycles. The molecule has 0 bridgehead atoms. The highest BCUT2D eigenvalue weighted by atomic mass is 19.1. The smallest absolute Gasteiger partial charge is 0.298 e. The third-order valence-electron chi connectivity index (χ3n) is 4.88. The lowest BCUT2D eigenvalue weighted by Gasteiger charge is -2.20. The van der Waals surface area contributed by atoms with Crippen molar-refractivity contribution in [2.75, 3.05) is 22.9 Å². The summed E-state index contributed by atoms with van der Waals surface area (Å²) in [6, 6.07) is 21.9. The fraction of sp³-hybridized carbons (Fsp3) is 0.130. The zero-order valence-electron chi connectivity index (χ0n) is 15.2. The number of hydrogen-bond acceptors (Lipinski definition) is 2. The molecule has 0 unspecified atom stereocenters. The molecule has 0 saturated carbocycles. The number of halogens is 1. The molecule has 140 valence electrons. The van der Waals surface area contributed by atoms with Crippen LogP contribution in [0.1, 0.15) is 21.5 Å². The molecule has 0 aromatic heterocycles. The third kappa shape index (κ3) is 3.51. The molecule has 28 heavy (non-hydrogen) atoms. The second kappa shape index (κ2) is 7.64. The second-order valence-corrected chi connectivity index (χ2v) is 6.75.